The molecule has 2 rings (SSSR count). The van der Waals surface area contributed by atoms with Crippen molar-refractivity contribution in [1.29, 1.82) is 0 Å². The van der Waals surface area contributed by atoms with Gasteiger partial charge in [0.15, 0.2) is 5.96 Å². The molecule has 0 fully saturated rings. The lowest BCUT2D eigenvalue weighted by molar-refractivity contribution is 0.100. The molecule has 0 spiro atoms. The summed E-state index contributed by atoms with van der Waals surface area (Å²) in [6.45, 7) is 4.18. The lowest BCUT2D eigenvalue weighted by Crippen LogP contribution is -2.38. The first-order valence-corrected chi connectivity index (χ1v) is 8.02. The molecule has 5 nitrogen and oxygen atoms in total. The van der Waals surface area contributed by atoms with Crippen LogP contribution in [0.1, 0.15) is 28.4 Å². The molecule has 1 amide bonds. The van der Waals surface area contributed by atoms with E-state index in [9.17, 15) is 4.79 Å². The second-order valence-electron chi connectivity index (χ2n) is 5.57. The van der Waals surface area contributed by atoms with Crippen molar-refractivity contribution in [2.75, 3.05) is 13.6 Å². The topological polar surface area (TPSA) is 70.7 Å². The predicted octanol–water partition coefficient (Wildman–Crippen LogP) is 3.00. The van der Waals surface area contributed by atoms with Crippen LogP contribution in [0.4, 0.5) is 0 Å². The van der Waals surface area contributed by atoms with Gasteiger partial charge in [-0.1, -0.05) is 42.5 Å². The summed E-state index contributed by atoms with van der Waals surface area (Å²) in [5.41, 5.74) is 8.03. The highest BCUT2D eigenvalue weighted by atomic mass is 127. The van der Waals surface area contributed by atoms with Crippen molar-refractivity contribution in [3.8, 4) is 0 Å². The molecule has 0 aromatic heterocycles. The number of carbonyl (C=O) groups excluding carboxylic acids is 1. The van der Waals surface area contributed by atoms with E-state index in [1.54, 1.807) is 12.1 Å². The average molecular weight is 452 g/mol. The fourth-order valence-electron chi connectivity index (χ4n) is 2.34. The molecule has 0 aliphatic rings. The summed E-state index contributed by atoms with van der Waals surface area (Å²) in [4.78, 5) is 17.9. The molecule has 0 heterocycles. The van der Waals surface area contributed by atoms with Crippen LogP contribution < -0.4 is 11.1 Å². The van der Waals surface area contributed by atoms with Crippen molar-refractivity contribution in [2.24, 2.45) is 10.7 Å². The number of hydrogen-bond acceptors (Lipinski definition) is 2. The number of guanidine groups is 1. The first kappa shape index (κ1) is 21.0. The average Bonchev–Trinajstić information content (AvgIpc) is 2.59. The van der Waals surface area contributed by atoms with Crippen LogP contribution in [-0.2, 0) is 13.1 Å². The lowest BCUT2D eigenvalue weighted by atomic mass is 10.1. The molecule has 134 valence electrons. The normalized spacial score (nSPS) is 10.7. The molecule has 25 heavy (non-hydrogen) atoms. The molecule has 0 aliphatic heterocycles. The first-order valence-electron chi connectivity index (χ1n) is 8.02. The van der Waals surface area contributed by atoms with Gasteiger partial charge in [0.1, 0.15) is 0 Å². The Morgan fingerprint density at radius 1 is 1.08 bits per heavy atom. The monoisotopic (exact) mass is 452 g/mol. The number of carbonyl (C=O) groups is 1. The van der Waals surface area contributed by atoms with Crippen LogP contribution in [0, 0.1) is 0 Å². The molecule has 0 atom stereocenters. The minimum atomic E-state index is -0.416. The van der Waals surface area contributed by atoms with Crippen LogP contribution in [0.25, 0.3) is 0 Å². The van der Waals surface area contributed by atoms with Crippen LogP contribution in [0.3, 0.4) is 0 Å². The number of halogens is 1. The van der Waals surface area contributed by atoms with E-state index in [1.165, 1.54) is 5.56 Å². The number of hydrogen-bond donors (Lipinski definition) is 2. The lowest BCUT2D eigenvalue weighted by Gasteiger charge is -2.22. The van der Waals surface area contributed by atoms with Crippen molar-refractivity contribution in [2.45, 2.75) is 20.0 Å². The maximum Gasteiger partial charge on any atom is 0.248 e. The Morgan fingerprint density at radius 2 is 1.72 bits per heavy atom. The Morgan fingerprint density at radius 3 is 2.28 bits per heavy atom. The van der Waals surface area contributed by atoms with Crippen LogP contribution in [0.5, 0.6) is 0 Å². The Bertz CT molecular complexity index is 686. The number of amides is 1. The fourth-order valence-corrected chi connectivity index (χ4v) is 2.34. The number of nitrogens with zero attached hydrogens (tertiary/aromatic N) is 2. The third-order valence-corrected chi connectivity index (χ3v) is 3.61. The van der Waals surface area contributed by atoms with Crippen LogP contribution in [0.15, 0.2) is 59.6 Å². The highest BCUT2D eigenvalue weighted by Crippen LogP contribution is 2.07. The van der Waals surface area contributed by atoms with Crippen molar-refractivity contribution in [3.05, 3.63) is 71.3 Å². The second kappa shape index (κ2) is 10.7. The molecule has 6 heteroatoms. The summed E-state index contributed by atoms with van der Waals surface area (Å²) < 4.78 is 0. The molecule has 2 aromatic rings. The number of nitrogens with two attached hydrogens (primary N) is 1. The van der Waals surface area contributed by atoms with Gasteiger partial charge in [-0.25, -0.2) is 4.99 Å². The van der Waals surface area contributed by atoms with E-state index in [4.69, 9.17) is 5.73 Å². The van der Waals surface area contributed by atoms with Gasteiger partial charge in [-0.05, 0) is 30.2 Å². The van der Waals surface area contributed by atoms with Crippen molar-refractivity contribution in [3.63, 3.8) is 0 Å². The second-order valence-corrected chi connectivity index (χ2v) is 5.57. The maximum absolute atomic E-state index is 11.1. The van der Waals surface area contributed by atoms with Crippen LogP contribution in [0.2, 0.25) is 0 Å². The molecule has 0 radical (unpaired) electrons. The SMILES string of the molecule is CCNC(=NCc1ccc(C(N)=O)cc1)N(C)Cc1ccccc1.I. The molecule has 0 aliphatic carbocycles. The van der Waals surface area contributed by atoms with Gasteiger partial charge in [0.25, 0.3) is 0 Å². The standard InChI is InChI=1S/C19H24N4O.HI/c1-3-21-19(23(2)14-16-7-5-4-6-8-16)22-13-15-9-11-17(12-10-15)18(20)24;/h4-12H,3,13-14H2,1-2H3,(H2,20,24)(H,21,22);1H. The van der Waals surface area contributed by atoms with Gasteiger partial charge < -0.3 is 16.0 Å². The third kappa shape index (κ3) is 6.74. The van der Waals surface area contributed by atoms with Gasteiger partial charge in [-0.3, -0.25) is 4.79 Å². The number of aliphatic imine (C=N–C) groups is 1. The van der Waals surface area contributed by atoms with Gasteiger partial charge in [-0.2, -0.15) is 0 Å². The molecular weight excluding hydrogens is 427 g/mol. The smallest absolute Gasteiger partial charge is 0.248 e. The van der Waals surface area contributed by atoms with E-state index in [-0.39, 0.29) is 24.0 Å². The first-order chi connectivity index (χ1) is 11.6. The summed E-state index contributed by atoms with van der Waals surface area (Å²) in [6.07, 6.45) is 0. The predicted molar refractivity (Wildman–Crippen MR) is 113 cm³/mol. The molecule has 0 unspecified atom stereocenters. The quantitative estimate of drug-likeness (QED) is 0.402. The number of nitrogens with one attached hydrogen (secondary N) is 1. The summed E-state index contributed by atoms with van der Waals surface area (Å²) in [5.74, 6) is 0.432. The van der Waals surface area contributed by atoms with Crippen LogP contribution >= 0.6 is 24.0 Å². The van der Waals surface area contributed by atoms with Gasteiger partial charge in [0.2, 0.25) is 5.91 Å². The number of benzene rings is 2. The Hall–Kier alpha value is -2.09. The van der Waals surface area contributed by atoms with Gasteiger partial charge in [0, 0.05) is 25.7 Å². The van der Waals surface area contributed by atoms with Crippen molar-refractivity contribution >= 4 is 35.8 Å². The Labute approximate surface area is 166 Å². The van der Waals surface area contributed by atoms with E-state index in [2.05, 4.69) is 27.3 Å². The zero-order valence-corrected chi connectivity index (χ0v) is 16.9. The fraction of sp³-hybridized carbons (Fsp3) is 0.263. The Kier molecular flexibility index (Phi) is 8.98. The van der Waals surface area contributed by atoms with Crippen LogP contribution in [-0.4, -0.2) is 30.4 Å². The van der Waals surface area contributed by atoms with Gasteiger partial charge in [0.05, 0.1) is 6.54 Å². The third-order valence-electron chi connectivity index (χ3n) is 3.61. The highest BCUT2D eigenvalue weighted by Gasteiger charge is 2.06. The minimum Gasteiger partial charge on any atom is -0.366 e. The van der Waals surface area contributed by atoms with Crippen molar-refractivity contribution < 1.29 is 4.79 Å². The molecule has 0 saturated heterocycles. The van der Waals surface area contributed by atoms with E-state index in [1.807, 2.05) is 44.3 Å². The zero-order chi connectivity index (χ0) is 17.4. The Balaban J connectivity index is 0.00000312. The molecule has 0 saturated carbocycles. The zero-order valence-electron chi connectivity index (χ0n) is 14.6. The summed E-state index contributed by atoms with van der Waals surface area (Å²) in [6, 6.07) is 17.5. The van der Waals surface area contributed by atoms with E-state index in [0.717, 1.165) is 24.6 Å². The summed E-state index contributed by atoms with van der Waals surface area (Å²) >= 11 is 0. The largest absolute Gasteiger partial charge is 0.366 e. The highest BCUT2D eigenvalue weighted by molar-refractivity contribution is 14.0. The van der Waals surface area contributed by atoms with Gasteiger partial charge in [-0.15, -0.1) is 24.0 Å². The van der Waals surface area contributed by atoms with E-state index < -0.39 is 5.91 Å². The molecular formula is C19H25IN4O. The van der Waals surface area contributed by atoms with E-state index in [0.29, 0.717) is 12.1 Å². The molecule has 2 aromatic carbocycles. The summed E-state index contributed by atoms with van der Waals surface area (Å²) in [5, 5.41) is 3.30. The van der Waals surface area contributed by atoms with E-state index >= 15 is 0 Å². The maximum atomic E-state index is 11.1. The van der Waals surface area contributed by atoms with Gasteiger partial charge >= 0.3 is 0 Å². The molecule has 3 N–H and O–H groups in total. The summed E-state index contributed by atoms with van der Waals surface area (Å²) in [7, 11) is 2.02. The number of rotatable bonds is 6. The number of primary amides is 1. The van der Waals surface area contributed by atoms with Crippen molar-refractivity contribution in [1.82, 2.24) is 10.2 Å². The molecule has 0 bridgehead atoms. The minimum absolute atomic E-state index is 0.